The first-order valence-corrected chi connectivity index (χ1v) is 9.14. The average Bonchev–Trinajstić information content (AvgIpc) is 3.39. The molecule has 6 heteroatoms. The number of anilines is 1. The van der Waals surface area contributed by atoms with Crippen molar-refractivity contribution in [3.63, 3.8) is 0 Å². The second-order valence-electron chi connectivity index (χ2n) is 7.21. The van der Waals surface area contributed by atoms with Gasteiger partial charge in [-0.05, 0) is 30.9 Å². The second-order valence-corrected chi connectivity index (χ2v) is 7.21. The van der Waals surface area contributed by atoms with E-state index in [0.717, 1.165) is 18.7 Å². The predicted octanol–water partition coefficient (Wildman–Crippen LogP) is 2.41. The lowest BCUT2D eigenvalue weighted by atomic mass is 10.1. The number of rotatable bonds is 4. The van der Waals surface area contributed by atoms with Crippen molar-refractivity contribution >= 4 is 11.6 Å². The summed E-state index contributed by atoms with van der Waals surface area (Å²) in [5.74, 6) is 0.676. The monoisotopic (exact) mass is 339 g/mol. The first-order chi connectivity index (χ1) is 12.2. The molecule has 2 aliphatic rings. The van der Waals surface area contributed by atoms with Crippen LogP contribution in [0.25, 0.3) is 0 Å². The molecule has 1 aliphatic carbocycles. The third-order valence-electron chi connectivity index (χ3n) is 5.31. The fraction of sp³-hybridized carbons (Fsp3) is 0.526. The highest BCUT2D eigenvalue weighted by Gasteiger charge is 2.30. The number of fused-ring (bicyclic) bond motifs is 1. The van der Waals surface area contributed by atoms with Gasteiger partial charge >= 0.3 is 0 Å². The van der Waals surface area contributed by atoms with E-state index in [9.17, 15) is 4.79 Å². The van der Waals surface area contributed by atoms with Crippen molar-refractivity contribution in [3.05, 3.63) is 41.7 Å². The molecule has 1 aromatic carbocycles. The number of likely N-dealkylation sites (N-methyl/N-ethyl adjacent to an activating group) is 1. The molecule has 0 saturated heterocycles. The van der Waals surface area contributed by atoms with Crippen molar-refractivity contribution in [2.45, 2.75) is 51.2 Å². The number of hydrogen-bond acceptors (Lipinski definition) is 4. The maximum Gasteiger partial charge on any atom is 0.244 e. The zero-order valence-corrected chi connectivity index (χ0v) is 14.9. The second kappa shape index (κ2) is 6.50. The topological polar surface area (TPSA) is 54.3 Å². The fourth-order valence-electron chi connectivity index (χ4n) is 3.67. The summed E-state index contributed by atoms with van der Waals surface area (Å²) >= 11 is 0. The summed E-state index contributed by atoms with van der Waals surface area (Å²) < 4.78 is 1.70. The van der Waals surface area contributed by atoms with E-state index in [2.05, 4.69) is 47.4 Å². The molecule has 6 nitrogen and oxygen atoms in total. The molecule has 2 heterocycles. The van der Waals surface area contributed by atoms with E-state index in [4.69, 9.17) is 0 Å². The Labute approximate surface area is 148 Å². The maximum atomic E-state index is 13.0. The average molecular weight is 339 g/mol. The number of carbonyl (C=O) groups is 1. The standard InChI is InChI=1S/C19H25N5O/c1-3-16-11-22(2)18-7-5-4-6-15(18)10-24(16)19(25)13-23-12-17(20-21-23)14-8-9-14/h4-7,12,14,16H,3,8-11,13H2,1-2H3/t16-/m1/s1. The lowest BCUT2D eigenvalue weighted by molar-refractivity contribution is -0.134. The van der Waals surface area contributed by atoms with Crippen LogP contribution in [0.1, 0.15) is 43.4 Å². The first kappa shape index (κ1) is 16.1. The van der Waals surface area contributed by atoms with Gasteiger partial charge in [0.15, 0.2) is 0 Å². The summed E-state index contributed by atoms with van der Waals surface area (Å²) in [4.78, 5) is 17.3. The fourth-order valence-corrected chi connectivity index (χ4v) is 3.67. The summed E-state index contributed by atoms with van der Waals surface area (Å²) in [6.07, 6.45) is 5.27. The van der Waals surface area contributed by atoms with Crippen LogP contribution in [-0.2, 0) is 17.9 Å². The molecule has 1 amide bonds. The van der Waals surface area contributed by atoms with Gasteiger partial charge in [0.2, 0.25) is 5.91 Å². The van der Waals surface area contributed by atoms with E-state index in [1.54, 1.807) is 4.68 Å². The van der Waals surface area contributed by atoms with Crippen LogP contribution < -0.4 is 4.90 Å². The third kappa shape index (κ3) is 3.25. The lowest BCUT2D eigenvalue weighted by Gasteiger charge is -2.30. The summed E-state index contributed by atoms with van der Waals surface area (Å²) in [6, 6.07) is 8.56. The van der Waals surface area contributed by atoms with Gasteiger partial charge in [0.25, 0.3) is 0 Å². The zero-order valence-electron chi connectivity index (χ0n) is 14.9. The summed E-state index contributed by atoms with van der Waals surface area (Å²) in [7, 11) is 2.11. The molecule has 1 aromatic heterocycles. The maximum absolute atomic E-state index is 13.0. The Hall–Kier alpha value is -2.37. The molecule has 132 valence electrons. The number of carbonyl (C=O) groups excluding carboxylic acids is 1. The summed E-state index contributed by atoms with van der Waals surface area (Å²) in [5.41, 5.74) is 3.44. The van der Waals surface area contributed by atoms with Gasteiger partial charge < -0.3 is 9.80 Å². The first-order valence-electron chi connectivity index (χ1n) is 9.14. The minimum atomic E-state index is 0.115. The molecule has 1 fully saturated rings. The van der Waals surface area contributed by atoms with E-state index < -0.39 is 0 Å². The van der Waals surface area contributed by atoms with E-state index >= 15 is 0 Å². The molecule has 0 bridgehead atoms. The molecular formula is C19H25N5O. The van der Waals surface area contributed by atoms with Crippen LogP contribution in [0.2, 0.25) is 0 Å². The van der Waals surface area contributed by atoms with Crippen molar-refractivity contribution in [1.82, 2.24) is 19.9 Å². The molecule has 0 N–H and O–H groups in total. The number of aromatic nitrogens is 3. The SMILES string of the molecule is CC[C@@H]1CN(C)c2ccccc2CN1C(=O)Cn1cc(C2CC2)nn1. The van der Waals surface area contributed by atoms with Crippen LogP contribution in [-0.4, -0.2) is 45.4 Å². The van der Waals surface area contributed by atoms with Crippen LogP contribution in [0, 0.1) is 0 Å². The van der Waals surface area contributed by atoms with Crippen molar-refractivity contribution in [2.75, 3.05) is 18.5 Å². The molecule has 0 radical (unpaired) electrons. The van der Waals surface area contributed by atoms with Crippen molar-refractivity contribution in [3.8, 4) is 0 Å². The number of amides is 1. The van der Waals surface area contributed by atoms with Gasteiger partial charge in [0.05, 0.1) is 5.69 Å². The van der Waals surface area contributed by atoms with Gasteiger partial charge in [-0.15, -0.1) is 5.10 Å². The summed E-state index contributed by atoms with van der Waals surface area (Å²) in [6.45, 7) is 3.92. The molecule has 1 atom stereocenters. The predicted molar refractivity (Wildman–Crippen MR) is 96.3 cm³/mol. The Morgan fingerprint density at radius 2 is 2.08 bits per heavy atom. The van der Waals surface area contributed by atoms with Crippen LogP contribution in [0.4, 0.5) is 5.69 Å². The van der Waals surface area contributed by atoms with E-state index in [0.29, 0.717) is 12.5 Å². The Bertz CT molecular complexity index is 767. The minimum absolute atomic E-state index is 0.115. The van der Waals surface area contributed by atoms with E-state index in [-0.39, 0.29) is 18.5 Å². The largest absolute Gasteiger partial charge is 0.372 e. The highest BCUT2D eigenvalue weighted by molar-refractivity contribution is 5.77. The minimum Gasteiger partial charge on any atom is -0.372 e. The van der Waals surface area contributed by atoms with Crippen LogP contribution in [0.15, 0.2) is 30.5 Å². The molecule has 0 spiro atoms. The van der Waals surface area contributed by atoms with Gasteiger partial charge in [-0.25, -0.2) is 4.68 Å². The smallest absolute Gasteiger partial charge is 0.244 e. The molecule has 0 unspecified atom stereocenters. The number of hydrogen-bond donors (Lipinski definition) is 0. The zero-order chi connectivity index (χ0) is 17.4. The lowest BCUT2D eigenvalue weighted by Crippen LogP contribution is -2.44. The Kier molecular flexibility index (Phi) is 4.19. The number of benzene rings is 1. The van der Waals surface area contributed by atoms with Crippen molar-refractivity contribution in [2.24, 2.45) is 0 Å². The van der Waals surface area contributed by atoms with Gasteiger partial charge in [0, 0.05) is 44.0 Å². The molecule has 4 rings (SSSR count). The molecular weight excluding hydrogens is 314 g/mol. The molecule has 2 aromatic rings. The van der Waals surface area contributed by atoms with Gasteiger partial charge in [-0.1, -0.05) is 30.3 Å². The Morgan fingerprint density at radius 1 is 1.28 bits per heavy atom. The number of nitrogens with zero attached hydrogens (tertiary/aromatic N) is 5. The van der Waals surface area contributed by atoms with Crippen molar-refractivity contribution in [1.29, 1.82) is 0 Å². The highest BCUT2D eigenvalue weighted by atomic mass is 16.2. The molecule has 1 saturated carbocycles. The van der Waals surface area contributed by atoms with Crippen LogP contribution >= 0.6 is 0 Å². The van der Waals surface area contributed by atoms with Gasteiger partial charge in [0.1, 0.15) is 6.54 Å². The van der Waals surface area contributed by atoms with Gasteiger partial charge in [-0.2, -0.15) is 0 Å². The Morgan fingerprint density at radius 3 is 2.84 bits per heavy atom. The normalized spacial score (nSPS) is 20.3. The molecule has 1 aliphatic heterocycles. The van der Waals surface area contributed by atoms with E-state index in [1.165, 1.54) is 24.1 Å². The third-order valence-corrected chi connectivity index (χ3v) is 5.31. The van der Waals surface area contributed by atoms with Crippen LogP contribution in [0.3, 0.4) is 0 Å². The van der Waals surface area contributed by atoms with E-state index in [1.807, 2.05) is 17.2 Å². The van der Waals surface area contributed by atoms with Gasteiger partial charge in [-0.3, -0.25) is 4.79 Å². The molecule has 25 heavy (non-hydrogen) atoms. The highest BCUT2D eigenvalue weighted by Crippen LogP contribution is 2.38. The number of para-hydroxylation sites is 1. The quantitative estimate of drug-likeness (QED) is 0.858. The Balaban J connectivity index is 1.54. The van der Waals surface area contributed by atoms with Crippen molar-refractivity contribution < 1.29 is 4.79 Å². The van der Waals surface area contributed by atoms with Crippen LogP contribution in [0.5, 0.6) is 0 Å². The summed E-state index contributed by atoms with van der Waals surface area (Å²) in [5, 5.41) is 8.37.